The smallest absolute Gasteiger partial charge is 0.259 e. The molecule has 1 amide bonds. The lowest BCUT2D eigenvalue weighted by molar-refractivity contribution is 0.102. The number of para-hydroxylation sites is 1. The Morgan fingerprint density at radius 2 is 1.83 bits per heavy atom. The van der Waals surface area contributed by atoms with Gasteiger partial charge in [-0.2, -0.15) is 0 Å². The molecule has 0 radical (unpaired) electrons. The number of nitrogens with zero attached hydrogens (tertiary/aromatic N) is 4. The lowest BCUT2D eigenvalue weighted by Crippen LogP contribution is -2.12. The average molecular weight is 401 g/mol. The molecule has 150 valence electrons. The summed E-state index contributed by atoms with van der Waals surface area (Å²) < 4.78 is 12.9. The summed E-state index contributed by atoms with van der Waals surface area (Å²) in [6.45, 7) is 1.89. The number of benzene rings is 2. The highest BCUT2D eigenvalue weighted by atomic mass is 16.5. The van der Waals surface area contributed by atoms with Crippen molar-refractivity contribution in [3.05, 3.63) is 84.7 Å². The summed E-state index contributed by atoms with van der Waals surface area (Å²) in [6, 6.07) is 15.8. The van der Waals surface area contributed by atoms with E-state index in [9.17, 15) is 4.79 Å². The van der Waals surface area contributed by atoms with Crippen LogP contribution in [0.15, 0.2) is 73.3 Å². The van der Waals surface area contributed by atoms with E-state index in [-0.39, 0.29) is 5.91 Å². The van der Waals surface area contributed by atoms with Crippen LogP contribution in [0.2, 0.25) is 0 Å². The topological polar surface area (TPSA) is 91.2 Å². The molecule has 0 saturated heterocycles. The van der Waals surface area contributed by atoms with Gasteiger partial charge in [0.05, 0.1) is 12.7 Å². The highest BCUT2D eigenvalue weighted by molar-refractivity contribution is 6.06. The molecular weight excluding hydrogens is 382 g/mol. The Balaban J connectivity index is 1.45. The van der Waals surface area contributed by atoms with Crippen molar-refractivity contribution in [2.24, 2.45) is 0 Å². The predicted molar refractivity (Wildman–Crippen MR) is 111 cm³/mol. The monoisotopic (exact) mass is 401 g/mol. The Morgan fingerprint density at radius 1 is 1.03 bits per heavy atom. The summed E-state index contributed by atoms with van der Waals surface area (Å²) >= 11 is 0. The minimum absolute atomic E-state index is 0.253. The Hall–Kier alpha value is -4.20. The van der Waals surface area contributed by atoms with Crippen LogP contribution in [0.5, 0.6) is 17.4 Å². The van der Waals surface area contributed by atoms with Crippen molar-refractivity contribution in [3.8, 4) is 23.2 Å². The van der Waals surface area contributed by atoms with E-state index in [1.165, 1.54) is 13.4 Å². The minimum atomic E-state index is -0.253. The molecule has 0 aliphatic rings. The molecule has 4 rings (SSSR count). The predicted octanol–water partition coefficient (Wildman–Crippen LogP) is 4.02. The quantitative estimate of drug-likeness (QED) is 0.525. The van der Waals surface area contributed by atoms with E-state index in [1.54, 1.807) is 54.7 Å². The van der Waals surface area contributed by atoms with Gasteiger partial charge < -0.3 is 14.8 Å². The number of anilines is 1. The summed E-state index contributed by atoms with van der Waals surface area (Å²) in [7, 11) is 1.53. The lowest BCUT2D eigenvalue weighted by atomic mass is 10.2. The van der Waals surface area contributed by atoms with Crippen molar-refractivity contribution in [2.75, 3.05) is 12.4 Å². The number of amides is 1. The largest absolute Gasteiger partial charge is 0.496 e. The number of aryl methyl sites for hydroxylation is 1. The summed E-state index contributed by atoms with van der Waals surface area (Å²) in [6.07, 6.45) is 4.96. The van der Waals surface area contributed by atoms with Crippen LogP contribution in [0.4, 0.5) is 5.69 Å². The number of hydrogen-bond donors (Lipinski definition) is 1. The average Bonchev–Trinajstić information content (AvgIpc) is 3.21. The lowest BCUT2D eigenvalue weighted by Gasteiger charge is -2.10. The number of nitrogens with one attached hydrogen (secondary N) is 1. The van der Waals surface area contributed by atoms with Crippen molar-refractivity contribution >= 4 is 11.6 Å². The molecule has 4 aromatic rings. The fourth-order valence-corrected chi connectivity index (χ4v) is 2.90. The molecule has 0 aliphatic heterocycles. The molecule has 0 atom stereocenters. The van der Waals surface area contributed by atoms with Gasteiger partial charge in [0.2, 0.25) is 5.88 Å². The van der Waals surface area contributed by atoms with Gasteiger partial charge in [0.1, 0.15) is 29.5 Å². The number of hydrogen-bond acceptors (Lipinski definition) is 6. The Morgan fingerprint density at radius 3 is 2.57 bits per heavy atom. The van der Waals surface area contributed by atoms with Gasteiger partial charge in [-0.25, -0.2) is 15.0 Å². The van der Waals surface area contributed by atoms with Crippen molar-refractivity contribution < 1.29 is 14.3 Å². The highest BCUT2D eigenvalue weighted by Gasteiger charge is 2.12. The van der Waals surface area contributed by atoms with Gasteiger partial charge in [-0.3, -0.25) is 9.36 Å². The Bertz CT molecular complexity index is 1170. The first-order valence-electron chi connectivity index (χ1n) is 9.18. The molecule has 8 heteroatoms. The Kier molecular flexibility index (Phi) is 5.38. The van der Waals surface area contributed by atoms with Crippen LogP contribution >= 0.6 is 0 Å². The van der Waals surface area contributed by atoms with Crippen molar-refractivity contribution in [1.82, 2.24) is 19.5 Å². The van der Waals surface area contributed by atoms with E-state index < -0.39 is 0 Å². The molecule has 0 fully saturated rings. The number of methoxy groups -OCH3 is 1. The van der Waals surface area contributed by atoms with Gasteiger partial charge in [0.25, 0.3) is 5.91 Å². The fraction of sp³-hybridized carbons (Fsp3) is 0.0909. The third kappa shape index (κ3) is 4.12. The molecule has 0 unspecified atom stereocenters. The van der Waals surface area contributed by atoms with Gasteiger partial charge in [-0.05, 0) is 43.3 Å². The third-order valence-electron chi connectivity index (χ3n) is 4.39. The van der Waals surface area contributed by atoms with Crippen LogP contribution in [0.25, 0.3) is 5.82 Å². The Labute approximate surface area is 173 Å². The standard InChI is InChI=1S/C22H19N5O3/c1-15-23-11-12-27(15)20-13-21(25-14-24-20)30-17-9-7-16(8-10-17)26-22(28)18-5-3-4-6-19(18)29-2/h3-14H,1-2H3,(H,26,28). The molecule has 30 heavy (non-hydrogen) atoms. The maximum absolute atomic E-state index is 12.5. The first-order valence-corrected chi connectivity index (χ1v) is 9.18. The van der Waals surface area contributed by atoms with Crippen molar-refractivity contribution in [2.45, 2.75) is 6.92 Å². The molecule has 0 bridgehead atoms. The maximum Gasteiger partial charge on any atom is 0.259 e. The van der Waals surface area contributed by atoms with Gasteiger partial charge in [-0.15, -0.1) is 0 Å². The van der Waals surface area contributed by atoms with Crippen LogP contribution < -0.4 is 14.8 Å². The molecule has 1 N–H and O–H groups in total. The summed E-state index contributed by atoms with van der Waals surface area (Å²) in [5.41, 5.74) is 1.10. The van der Waals surface area contributed by atoms with E-state index in [1.807, 2.05) is 23.8 Å². The number of imidazole rings is 1. The van der Waals surface area contributed by atoms with Crippen LogP contribution in [-0.2, 0) is 0 Å². The SMILES string of the molecule is COc1ccccc1C(=O)Nc1ccc(Oc2cc(-n3ccnc3C)ncn2)cc1. The van der Waals surface area contributed by atoms with Crippen LogP contribution in [0.1, 0.15) is 16.2 Å². The second-order valence-electron chi connectivity index (χ2n) is 6.34. The normalized spacial score (nSPS) is 10.5. The van der Waals surface area contributed by atoms with Crippen molar-refractivity contribution in [3.63, 3.8) is 0 Å². The summed E-state index contributed by atoms with van der Waals surface area (Å²) in [5, 5.41) is 2.85. The van der Waals surface area contributed by atoms with E-state index in [0.29, 0.717) is 34.4 Å². The van der Waals surface area contributed by atoms with Gasteiger partial charge in [-0.1, -0.05) is 12.1 Å². The molecule has 0 spiro atoms. The zero-order valence-electron chi connectivity index (χ0n) is 16.4. The highest BCUT2D eigenvalue weighted by Crippen LogP contribution is 2.24. The second kappa shape index (κ2) is 8.44. The zero-order chi connectivity index (χ0) is 20.9. The summed E-state index contributed by atoms with van der Waals surface area (Å²) in [5.74, 6) is 2.72. The first-order chi connectivity index (χ1) is 14.6. The van der Waals surface area contributed by atoms with E-state index in [2.05, 4.69) is 20.3 Å². The number of carbonyl (C=O) groups is 1. The maximum atomic E-state index is 12.5. The van der Waals surface area contributed by atoms with Gasteiger partial charge in [0.15, 0.2) is 0 Å². The number of rotatable bonds is 6. The van der Waals surface area contributed by atoms with E-state index >= 15 is 0 Å². The minimum Gasteiger partial charge on any atom is -0.496 e. The third-order valence-corrected chi connectivity index (χ3v) is 4.39. The molecule has 8 nitrogen and oxygen atoms in total. The van der Waals surface area contributed by atoms with Crippen LogP contribution in [0.3, 0.4) is 0 Å². The number of aromatic nitrogens is 4. The van der Waals surface area contributed by atoms with E-state index in [0.717, 1.165) is 5.82 Å². The van der Waals surface area contributed by atoms with Gasteiger partial charge in [0, 0.05) is 24.1 Å². The molecule has 0 saturated carbocycles. The molecule has 2 heterocycles. The van der Waals surface area contributed by atoms with Crippen LogP contribution in [0, 0.1) is 6.92 Å². The number of ether oxygens (including phenoxy) is 2. The number of carbonyl (C=O) groups excluding carboxylic acids is 1. The molecule has 2 aromatic carbocycles. The molecule has 2 aromatic heterocycles. The summed E-state index contributed by atoms with van der Waals surface area (Å²) in [4.78, 5) is 25.1. The molecular formula is C22H19N5O3. The van der Waals surface area contributed by atoms with Crippen molar-refractivity contribution in [1.29, 1.82) is 0 Å². The van der Waals surface area contributed by atoms with Crippen LogP contribution in [-0.4, -0.2) is 32.5 Å². The zero-order valence-corrected chi connectivity index (χ0v) is 16.4. The fourth-order valence-electron chi connectivity index (χ4n) is 2.90. The second-order valence-corrected chi connectivity index (χ2v) is 6.34. The molecule has 0 aliphatic carbocycles. The van der Waals surface area contributed by atoms with E-state index in [4.69, 9.17) is 9.47 Å². The van der Waals surface area contributed by atoms with Gasteiger partial charge >= 0.3 is 0 Å². The first kappa shape index (κ1) is 19.1.